The van der Waals surface area contributed by atoms with Crippen molar-refractivity contribution in [2.75, 3.05) is 18.8 Å². The van der Waals surface area contributed by atoms with Crippen LogP contribution in [0, 0.1) is 5.92 Å². The second-order valence-electron chi connectivity index (χ2n) is 3.95. The van der Waals surface area contributed by atoms with Crippen molar-refractivity contribution in [1.82, 2.24) is 4.31 Å². The molecule has 15 heavy (non-hydrogen) atoms. The molecule has 5 nitrogen and oxygen atoms in total. The molecule has 1 aliphatic heterocycles. The molecule has 0 aromatic carbocycles. The minimum absolute atomic E-state index is 0.401. The van der Waals surface area contributed by atoms with Gasteiger partial charge in [0.25, 0.3) is 0 Å². The molecule has 0 amide bonds. The quantitative estimate of drug-likeness (QED) is 0.754. The predicted molar refractivity (Wildman–Crippen MR) is 56.0 cm³/mol. The third kappa shape index (κ3) is 3.46. The van der Waals surface area contributed by atoms with Gasteiger partial charge in [-0.05, 0) is 18.8 Å². The molecule has 1 rings (SSSR count). The van der Waals surface area contributed by atoms with Gasteiger partial charge in [0.05, 0.1) is 0 Å². The summed E-state index contributed by atoms with van der Waals surface area (Å²) < 4.78 is 24.4. The van der Waals surface area contributed by atoms with E-state index in [4.69, 9.17) is 5.11 Å². The van der Waals surface area contributed by atoms with E-state index < -0.39 is 21.7 Å². The minimum Gasteiger partial charge on any atom is -0.480 e. The van der Waals surface area contributed by atoms with E-state index in [1.165, 1.54) is 4.31 Å². The number of hydrogen-bond donors (Lipinski definition) is 1. The summed E-state index contributed by atoms with van der Waals surface area (Å²) in [6.45, 7) is 3.03. The fourth-order valence-electron chi connectivity index (χ4n) is 1.94. The number of hydrogen-bond acceptors (Lipinski definition) is 3. The van der Waals surface area contributed by atoms with Gasteiger partial charge in [-0.25, -0.2) is 12.7 Å². The standard InChI is InChI=1S/C9H17NO4S/c1-2-3-8-4-5-10(6-8)15(13,14)7-9(11)12/h8H,2-7H2,1H3,(H,11,12). The average Bonchev–Trinajstić information content (AvgIpc) is 2.51. The number of carboxylic acid groups (broad SMARTS) is 1. The van der Waals surface area contributed by atoms with Crippen molar-refractivity contribution < 1.29 is 18.3 Å². The van der Waals surface area contributed by atoms with Crippen LogP contribution in [-0.4, -0.2) is 42.6 Å². The highest BCUT2D eigenvalue weighted by atomic mass is 32.2. The van der Waals surface area contributed by atoms with E-state index in [-0.39, 0.29) is 0 Å². The minimum atomic E-state index is -3.58. The molecule has 0 aliphatic carbocycles. The molecule has 1 saturated heterocycles. The molecule has 1 fully saturated rings. The number of nitrogens with zero attached hydrogens (tertiary/aromatic N) is 1. The zero-order valence-corrected chi connectivity index (χ0v) is 9.66. The maximum absolute atomic E-state index is 11.5. The molecule has 1 unspecified atom stereocenters. The predicted octanol–water partition coefficient (Wildman–Crippen LogP) is 0.523. The van der Waals surface area contributed by atoms with E-state index in [0.29, 0.717) is 19.0 Å². The molecular weight excluding hydrogens is 218 g/mol. The van der Waals surface area contributed by atoms with Gasteiger partial charge in [0.2, 0.25) is 10.0 Å². The van der Waals surface area contributed by atoms with Gasteiger partial charge in [0.1, 0.15) is 0 Å². The Morgan fingerprint density at radius 2 is 2.20 bits per heavy atom. The SMILES string of the molecule is CCCC1CCN(S(=O)(=O)CC(=O)O)C1. The lowest BCUT2D eigenvalue weighted by Crippen LogP contribution is -2.33. The highest BCUT2D eigenvalue weighted by Gasteiger charge is 2.32. The van der Waals surface area contributed by atoms with Crippen LogP contribution in [0.5, 0.6) is 0 Å². The average molecular weight is 235 g/mol. The molecule has 0 saturated carbocycles. The first-order chi connectivity index (χ1) is 6.95. The van der Waals surface area contributed by atoms with Gasteiger partial charge in [0.15, 0.2) is 5.75 Å². The summed E-state index contributed by atoms with van der Waals surface area (Å²) in [5.41, 5.74) is 0. The summed E-state index contributed by atoms with van der Waals surface area (Å²) >= 11 is 0. The summed E-state index contributed by atoms with van der Waals surface area (Å²) in [7, 11) is -3.58. The largest absolute Gasteiger partial charge is 0.480 e. The van der Waals surface area contributed by atoms with Gasteiger partial charge < -0.3 is 5.11 Å². The molecule has 0 bridgehead atoms. The molecule has 1 N–H and O–H groups in total. The lowest BCUT2D eigenvalue weighted by Gasteiger charge is -2.14. The summed E-state index contributed by atoms with van der Waals surface area (Å²) in [4.78, 5) is 10.4. The summed E-state index contributed by atoms with van der Waals surface area (Å²) in [5.74, 6) is -1.67. The van der Waals surface area contributed by atoms with Gasteiger partial charge in [-0.1, -0.05) is 13.3 Å². The first-order valence-corrected chi connectivity index (χ1v) is 6.76. The maximum atomic E-state index is 11.5. The number of carboxylic acids is 1. The van der Waals surface area contributed by atoms with Crippen LogP contribution in [0.25, 0.3) is 0 Å². The van der Waals surface area contributed by atoms with Gasteiger partial charge in [-0.15, -0.1) is 0 Å². The third-order valence-electron chi connectivity index (χ3n) is 2.64. The highest BCUT2D eigenvalue weighted by molar-refractivity contribution is 7.89. The Hall–Kier alpha value is -0.620. The van der Waals surface area contributed by atoms with Crippen LogP contribution < -0.4 is 0 Å². The molecule has 0 aromatic heterocycles. The van der Waals surface area contributed by atoms with Gasteiger partial charge in [0, 0.05) is 13.1 Å². The van der Waals surface area contributed by atoms with Crippen molar-refractivity contribution in [1.29, 1.82) is 0 Å². The first kappa shape index (κ1) is 12.4. The second-order valence-corrected chi connectivity index (χ2v) is 5.92. The van der Waals surface area contributed by atoms with E-state index in [2.05, 4.69) is 6.92 Å². The zero-order valence-electron chi connectivity index (χ0n) is 8.85. The van der Waals surface area contributed by atoms with Gasteiger partial charge >= 0.3 is 5.97 Å². The Morgan fingerprint density at radius 3 is 2.73 bits per heavy atom. The fraction of sp³-hybridized carbons (Fsp3) is 0.889. The topological polar surface area (TPSA) is 74.7 Å². The van der Waals surface area contributed by atoms with Crippen molar-refractivity contribution >= 4 is 16.0 Å². The second kappa shape index (κ2) is 4.94. The van der Waals surface area contributed by atoms with Crippen LogP contribution in [0.1, 0.15) is 26.2 Å². The first-order valence-electron chi connectivity index (χ1n) is 5.15. The van der Waals surface area contributed by atoms with E-state index in [1.54, 1.807) is 0 Å². The normalized spacial score (nSPS) is 23.1. The molecule has 1 aliphatic rings. The molecule has 1 atom stereocenters. The monoisotopic (exact) mass is 235 g/mol. The lowest BCUT2D eigenvalue weighted by molar-refractivity contribution is -0.134. The van der Waals surface area contributed by atoms with Crippen LogP contribution in [0.2, 0.25) is 0 Å². The van der Waals surface area contributed by atoms with E-state index in [1.807, 2.05) is 0 Å². The summed E-state index contributed by atoms with van der Waals surface area (Å²) in [6.07, 6.45) is 2.91. The van der Waals surface area contributed by atoms with E-state index >= 15 is 0 Å². The molecule has 6 heteroatoms. The lowest BCUT2D eigenvalue weighted by atomic mass is 10.0. The molecule has 0 spiro atoms. The van der Waals surface area contributed by atoms with Crippen molar-refractivity contribution in [3.8, 4) is 0 Å². The molecule has 1 heterocycles. The van der Waals surface area contributed by atoms with Crippen LogP contribution >= 0.6 is 0 Å². The van der Waals surface area contributed by atoms with Crippen LogP contribution in [0.4, 0.5) is 0 Å². The fourth-order valence-corrected chi connectivity index (χ4v) is 3.26. The molecule has 0 aromatic rings. The van der Waals surface area contributed by atoms with Crippen LogP contribution in [0.3, 0.4) is 0 Å². The summed E-state index contributed by atoms with van der Waals surface area (Å²) in [5, 5.41) is 8.47. The third-order valence-corrected chi connectivity index (χ3v) is 4.37. The zero-order chi connectivity index (χ0) is 11.5. The van der Waals surface area contributed by atoms with Gasteiger partial charge in [-0.3, -0.25) is 4.79 Å². The molecular formula is C9H17NO4S. The Labute approximate surface area is 90.1 Å². The van der Waals surface area contributed by atoms with Crippen molar-refractivity contribution in [2.24, 2.45) is 5.92 Å². The number of aliphatic carboxylic acids is 1. The Balaban J connectivity index is 2.56. The number of sulfonamides is 1. The maximum Gasteiger partial charge on any atom is 0.320 e. The van der Waals surface area contributed by atoms with Crippen molar-refractivity contribution in [2.45, 2.75) is 26.2 Å². The summed E-state index contributed by atoms with van der Waals surface area (Å²) in [6, 6.07) is 0. The van der Waals surface area contributed by atoms with Crippen LogP contribution in [-0.2, 0) is 14.8 Å². The Bertz CT molecular complexity index is 325. The smallest absolute Gasteiger partial charge is 0.320 e. The van der Waals surface area contributed by atoms with Gasteiger partial charge in [-0.2, -0.15) is 0 Å². The van der Waals surface area contributed by atoms with E-state index in [0.717, 1.165) is 19.3 Å². The highest BCUT2D eigenvalue weighted by Crippen LogP contribution is 2.23. The van der Waals surface area contributed by atoms with Crippen molar-refractivity contribution in [3.63, 3.8) is 0 Å². The van der Waals surface area contributed by atoms with E-state index in [9.17, 15) is 13.2 Å². The molecule has 0 radical (unpaired) electrons. The Morgan fingerprint density at radius 1 is 1.53 bits per heavy atom. The molecule has 88 valence electrons. The Kier molecular flexibility index (Phi) is 4.10. The number of rotatable bonds is 5. The number of carbonyl (C=O) groups is 1. The van der Waals surface area contributed by atoms with Crippen molar-refractivity contribution in [3.05, 3.63) is 0 Å². The van der Waals surface area contributed by atoms with Crippen LogP contribution in [0.15, 0.2) is 0 Å².